The number of carbonyl (C=O) groups excluding carboxylic acids is 1. The van der Waals surface area contributed by atoms with Crippen molar-refractivity contribution in [3.63, 3.8) is 0 Å². The largest absolute Gasteiger partial charge is 0.332 e. The van der Waals surface area contributed by atoms with Gasteiger partial charge in [0.15, 0.2) is 5.13 Å². The van der Waals surface area contributed by atoms with E-state index in [2.05, 4.69) is 44.5 Å². The lowest BCUT2D eigenvalue weighted by atomic mass is 10.1. The average molecular weight is 575 g/mol. The molecule has 9 heteroatoms. The normalized spacial score (nSPS) is 11.2. The molecule has 5 aromatic rings. The molecule has 0 atom stereocenters. The summed E-state index contributed by atoms with van der Waals surface area (Å²) < 4.78 is 2.06. The van der Waals surface area contributed by atoms with Gasteiger partial charge in [-0.1, -0.05) is 53.0 Å². The maximum Gasteiger partial charge on any atom is 0.271 e. The van der Waals surface area contributed by atoms with Gasteiger partial charge in [0.2, 0.25) is 0 Å². The molecule has 2 heterocycles. The first-order chi connectivity index (χ1) is 18.8. The zero-order valence-corrected chi connectivity index (χ0v) is 23.8. The number of nitrogens with one attached hydrogen (secondary N) is 2. The van der Waals surface area contributed by atoms with E-state index in [0.29, 0.717) is 15.6 Å². The molecule has 2 aromatic heterocycles. The smallest absolute Gasteiger partial charge is 0.271 e. The Morgan fingerprint density at radius 2 is 1.69 bits per heavy atom. The first-order valence-electron chi connectivity index (χ1n) is 12.2. The lowest BCUT2D eigenvalue weighted by molar-refractivity contribution is 0.0955. The minimum absolute atomic E-state index is 0.295. The number of nitrogens with zero attached hydrogens (tertiary/aromatic N) is 3. The molecule has 0 aliphatic rings. The molecular formula is C30H25Cl2N5OS. The maximum atomic E-state index is 12.7. The number of benzene rings is 3. The Labute approximate surface area is 240 Å². The van der Waals surface area contributed by atoms with Crippen LogP contribution in [0, 0.1) is 20.8 Å². The van der Waals surface area contributed by atoms with Gasteiger partial charge < -0.3 is 9.88 Å². The molecule has 2 N–H and O–H groups in total. The second-order valence-electron chi connectivity index (χ2n) is 9.07. The predicted octanol–water partition coefficient (Wildman–Crippen LogP) is 8.34. The molecule has 0 unspecified atom stereocenters. The molecule has 0 spiro atoms. The molecule has 1 amide bonds. The number of rotatable bonds is 7. The molecular weight excluding hydrogens is 549 g/mol. The number of aryl methyl sites for hydroxylation is 2. The summed E-state index contributed by atoms with van der Waals surface area (Å²) in [6, 6.07) is 23.0. The van der Waals surface area contributed by atoms with Gasteiger partial charge in [-0.2, -0.15) is 5.10 Å². The third-order valence-corrected chi connectivity index (χ3v) is 7.75. The van der Waals surface area contributed by atoms with E-state index in [0.717, 1.165) is 44.7 Å². The van der Waals surface area contributed by atoms with Crippen LogP contribution in [0.4, 0.5) is 10.8 Å². The molecule has 0 aliphatic carbocycles. The molecule has 0 bridgehead atoms. The molecule has 39 heavy (non-hydrogen) atoms. The van der Waals surface area contributed by atoms with Crippen LogP contribution in [0.3, 0.4) is 0 Å². The SMILES string of the molecule is Cc1ccc(Nc2nc(-c3ccc(C(=O)N/N=C\c4cc(C)n(-c5ccc(Cl)c(Cl)c5)c4C)cc3)cs2)cc1. The van der Waals surface area contributed by atoms with Crippen molar-refractivity contribution in [2.45, 2.75) is 20.8 Å². The molecule has 6 nitrogen and oxygen atoms in total. The van der Waals surface area contributed by atoms with Crippen molar-refractivity contribution in [2.75, 3.05) is 5.32 Å². The van der Waals surface area contributed by atoms with E-state index in [1.807, 2.05) is 61.7 Å². The number of halogens is 2. The van der Waals surface area contributed by atoms with Crippen LogP contribution in [0.15, 0.2) is 83.3 Å². The fourth-order valence-electron chi connectivity index (χ4n) is 4.18. The Balaban J connectivity index is 1.23. The molecule has 0 radical (unpaired) electrons. The van der Waals surface area contributed by atoms with Crippen molar-refractivity contribution in [1.82, 2.24) is 15.0 Å². The number of hydrazone groups is 1. The lowest BCUT2D eigenvalue weighted by Crippen LogP contribution is -2.17. The van der Waals surface area contributed by atoms with Gasteiger partial charge in [-0.15, -0.1) is 11.3 Å². The van der Waals surface area contributed by atoms with Crippen molar-refractivity contribution in [1.29, 1.82) is 0 Å². The van der Waals surface area contributed by atoms with Crippen LogP contribution < -0.4 is 10.7 Å². The van der Waals surface area contributed by atoms with Crippen LogP contribution in [-0.4, -0.2) is 21.7 Å². The molecule has 5 rings (SSSR count). The van der Waals surface area contributed by atoms with E-state index in [1.54, 1.807) is 24.4 Å². The zero-order chi connectivity index (χ0) is 27.5. The van der Waals surface area contributed by atoms with Crippen molar-refractivity contribution in [2.24, 2.45) is 5.10 Å². The van der Waals surface area contributed by atoms with Gasteiger partial charge in [-0.25, -0.2) is 10.4 Å². The summed E-state index contributed by atoms with van der Waals surface area (Å²) in [5.41, 5.74) is 10.9. The average Bonchev–Trinajstić information content (AvgIpc) is 3.50. The summed E-state index contributed by atoms with van der Waals surface area (Å²) in [5.74, 6) is -0.295. The monoisotopic (exact) mass is 573 g/mol. The maximum absolute atomic E-state index is 12.7. The third-order valence-electron chi connectivity index (χ3n) is 6.25. The highest BCUT2D eigenvalue weighted by atomic mass is 35.5. The highest BCUT2D eigenvalue weighted by Crippen LogP contribution is 2.29. The summed E-state index contributed by atoms with van der Waals surface area (Å²) in [6.45, 7) is 6.04. The molecule has 0 fully saturated rings. The van der Waals surface area contributed by atoms with E-state index in [1.165, 1.54) is 16.9 Å². The van der Waals surface area contributed by atoms with Gasteiger partial charge in [-0.05, 0) is 69.3 Å². The number of carbonyl (C=O) groups is 1. The summed E-state index contributed by atoms with van der Waals surface area (Å²) in [7, 11) is 0. The molecule has 0 saturated heterocycles. The van der Waals surface area contributed by atoms with E-state index >= 15 is 0 Å². The summed E-state index contributed by atoms with van der Waals surface area (Å²) in [6.07, 6.45) is 1.64. The molecule has 0 saturated carbocycles. The van der Waals surface area contributed by atoms with E-state index in [4.69, 9.17) is 23.2 Å². The fraction of sp³-hybridized carbons (Fsp3) is 0.100. The first kappa shape index (κ1) is 26.7. The topological polar surface area (TPSA) is 71.3 Å². The Morgan fingerprint density at radius 1 is 0.949 bits per heavy atom. The second kappa shape index (κ2) is 11.5. The van der Waals surface area contributed by atoms with Gasteiger partial charge >= 0.3 is 0 Å². The van der Waals surface area contributed by atoms with Crippen LogP contribution in [0.5, 0.6) is 0 Å². The Morgan fingerprint density at radius 3 is 2.41 bits per heavy atom. The highest BCUT2D eigenvalue weighted by molar-refractivity contribution is 7.14. The van der Waals surface area contributed by atoms with E-state index in [-0.39, 0.29) is 5.91 Å². The van der Waals surface area contributed by atoms with Crippen LogP contribution in [-0.2, 0) is 0 Å². The summed E-state index contributed by atoms with van der Waals surface area (Å²) in [5, 5.41) is 11.3. The van der Waals surface area contributed by atoms with Crippen LogP contribution in [0.25, 0.3) is 16.9 Å². The number of hydrogen-bond donors (Lipinski definition) is 2. The fourth-order valence-corrected chi connectivity index (χ4v) is 5.21. The number of aromatic nitrogens is 2. The number of thiazole rings is 1. The van der Waals surface area contributed by atoms with E-state index in [9.17, 15) is 4.79 Å². The highest BCUT2D eigenvalue weighted by Gasteiger charge is 2.12. The van der Waals surface area contributed by atoms with Crippen molar-refractivity contribution in [3.8, 4) is 16.9 Å². The quantitative estimate of drug-likeness (QED) is 0.152. The first-order valence-corrected chi connectivity index (χ1v) is 13.8. The number of hydrogen-bond acceptors (Lipinski definition) is 5. The van der Waals surface area contributed by atoms with Gasteiger partial charge in [0.1, 0.15) is 0 Å². The Kier molecular flexibility index (Phi) is 7.84. The minimum Gasteiger partial charge on any atom is -0.332 e. The molecule has 196 valence electrons. The standard InChI is InChI=1S/C30H25Cl2N5OS/c1-18-4-10-24(11-5-18)34-30-35-28(17-39-30)21-6-8-22(9-7-21)29(38)36-33-16-23-14-19(2)37(20(23)3)25-12-13-26(31)27(32)15-25/h4-17H,1-3H3,(H,34,35)(H,36,38)/b33-16-. The summed E-state index contributed by atoms with van der Waals surface area (Å²) >= 11 is 13.8. The molecule has 3 aromatic carbocycles. The van der Waals surface area contributed by atoms with Crippen molar-refractivity contribution in [3.05, 3.63) is 116 Å². The zero-order valence-electron chi connectivity index (χ0n) is 21.5. The van der Waals surface area contributed by atoms with Gasteiger partial charge in [-0.3, -0.25) is 4.79 Å². The van der Waals surface area contributed by atoms with Gasteiger partial charge in [0.05, 0.1) is 22.0 Å². The minimum atomic E-state index is -0.295. The molecule has 0 aliphatic heterocycles. The Bertz CT molecular complexity index is 1670. The van der Waals surface area contributed by atoms with Crippen LogP contribution in [0.2, 0.25) is 10.0 Å². The summed E-state index contributed by atoms with van der Waals surface area (Å²) in [4.78, 5) is 17.4. The lowest BCUT2D eigenvalue weighted by Gasteiger charge is -2.10. The van der Waals surface area contributed by atoms with Crippen molar-refractivity contribution < 1.29 is 4.79 Å². The van der Waals surface area contributed by atoms with Gasteiger partial charge in [0, 0.05) is 44.8 Å². The van der Waals surface area contributed by atoms with E-state index < -0.39 is 0 Å². The number of anilines is 2. The van der Waals surface area contributed by atoms with Crippen molar-refractivity contribution >= 4 is 57.5 Å². The number of amides is 1. The third kappa shape index (κ3) is 6.06. The van der Waals surface area contributed by atoms with Crippen LogP contribution >= 0.6 is 34.5 Å². The Hall–Kier alpha value is -3.91. The predicted molar refractivity (Wildman–Crippen MR) is 162 cm³/mol. The van der Waals surface area contributed by atoms with Gasteiger partial charge in [0.25, 0.3) is 5.91 Å². The second-order valence-corrected chi connectivity index (χ2v) is 10.7. The van der Waals surface area contributed by atoms with Crippen LogP contribution in [0.1, 0.15) is 32.9 Å².